The average Bonchev–Trinajstić information content (AvgIpc) is 2.43. The van der Waals surface area contributed by atoms with E-state index in [1.165, 1.54) is 0 Å². The van der Waals surface area contributed by atoms with Crippen LogP contribution < -0.4 is 5.32 Å². The number of carbonyl (C=O) groups is 1. The summed E-state index contributed by atoms with van der Waals surface area (Å²) in [5, 5.41) is 2.96. The van der Waals surface area contributed by atoms with Crippen molar-refractivity contribution in [2.45, 2.75) is 13.2 Å². The van der Waals surface area contributed by atoms with Gasteiger partial charge in [-0.05, 0) is 25.2 Å². The zero-order chi connectivity index (χ0) is 14.8. The lowest BCUT2D eigenvalue weighted by Gasteiger charge is -2.11. The van der Waals surface area contributed by atoms with Crippen molar-refractivity contribution in [1.82, 2.24) is 10.2 Å². The number of methoxy groups -OCH3 is 1. The molecule has 0 aliphatic rings. The number of hydrogen-bond donors (Lipinski definition) is 1. The Labute approximate surface area is 125 Å². The normalized spacial score (nSPS) is 10.8. The Bertz CT molecular complexity index is 411. The second-order valence-electron chi connectivity index (χ2n) is 4.83. The zero-order valence-electron chi connectivity index (χ0n) is 12.5. The van der Waals surface area contributed by atoms with Crippen LogP contribution in [-0.4, -0.2) is 50.1 Å². The van der Waals surface area contributed by atoms with Gasteiger partial charge in [-0.1, -0.05) is 24.3 Å². The van der Waals surface area contributed by atoms with E-state index >= 15 is 0 Å². The van der Waals surface area contributed by atoms with E-state index in [0.717, 1.165) is 23.4 Å². The summed E-state index contributed by atoms with van der Waals surface area (Å²) in [5.74, 6) is 1.57. The molecule has 1 aromatic rings. The highest BCUT2D eigenvalue weighted by Crippen LogP contribution is 2.09. The molecule has 1 amide bonds. The Balaban J connectivity index is 2.30. The summed E-state index contributed by atoms with van der Waals surface area (Å²) < 4.78 is 5.16. The van der Waals surface area contributed by atoms with Crippen molar-refractivity contribution < 1.29 is 9.53 Å². The first-order valence-electron chi connectivity index (χ1n) is 6.68. The number of benzene rings is 1. The largest absolute Gasteiger partial charge is 0.380 e. The molecule has 112 valence electrons. The standard InChI is InChI=1S/C15H24N2O2S/c1-17(2)8-9-20-12-15(18)16-10-13-6-4-5-7-14(13)11-19-3/h4-7H,8-12H2,1-3H3,(H,16,18). The molecule has 0 saturated heterocycles. The summed E-state index contributed by atoms with van der Waals surface area (Å²) in [6, 6.07) is 8.01. The number of amides is 1. The SMILES string of the molecule is COCc1ccccc1CNC(=O)CSCCN(C)C. The molecule has 0 atom stereocenters. The van der Waals surface area contributed by atoms with Crippen LogP contribution in [0.1, 0.15) is 11.1 Å². The zero-order valence-corrected chi connectivity index (χ0v) is 13.3. The van der Waals surface area contributed by atoms with Crippen LogP contribution in [-0.2, 0) is 22.7 Å². The minimum atomic E-state index is 0.0842. The second-order valence-corrected chi connectivity index (χ2v) is 5.94. The van der Waals surface area contributed by atoms with Gasteiger partial charge in [-0.15, -0.1) is 0 Å². The highest BCUT2D eigenvalue weighted by molar-refractivity contribution is 7.99. The number of rotatable bonds is 9. The maximum Gasteiger partial charge on any atom is 0.230 e. The van der Waals surface area contributed by atoms with Crippen molar-refractivity contribution in [3.63, 3.8) is 0 Å². The maximum absolute atomic E-state index is 11.8. The summed E-state index contributed by atoms with van der Waals surface area (Å²) in [5.41, 5.74) is 2.23. The monoisotopic (exact) mass is 296 g/mol. The molecule has 0 heterocycles. The molecular formula is C15H24N2O2S. The Kier molecular flexibility index (Phi) is 8.34. The fourth-order valence-electron chi connectivity index (χ4n) is 1.68. The molecule has 0 spiro atoms. The van der Waals surface area contributed by atoms with Gasteiger partial charge >= 0.3 is 0 Å². The Morgan fingerprint density at radius 2 is 2.00 bits per heavy atom. The third kappa shape index (κ3) is 6.93. The van der Waals surface area contributed by atoms with Crippen LogP contribution >= 0.6 is 11.8 Å². The highest BCUT2D eigenvalue weighted by atomic mass is 32.2. The number of thioether (sulfide) groups is 1. The molecular weight excluding hydrogens is 272 g/mol. The summed E-state index contributed by atoms with van der Waals surface area (Å²) >= 11 is 1.66. The number of nitrogens with one attached hydrogen (secondary N) is 1. The molecule has 0 unspecified atom stereocenters. The van der Waals surface area contributed by atoms with Gasteiger partial charge in [0.15, 0.2) is 0 Å². The molecule has 0 fully saturated rings. The molecule has 0 aliphatic heterocycles. The van der Waals surface area contributed by atoms with Crippen LogP contribution in [0.2, 0.25) is 0 Å². The van der Waals surface area contributed by atoms with E-state index < -0.39 is 0 Å². The van der Waals surface area contributed by atoms with Crippen molar-refractivity contribution in [3.8, 4) is 0 Å². The second kappa shape index (κ2) is 9.80. The minimum Gasteiger partial charge on any atom is -0.380 e. The summed E-state index contributed by atoms with van der Waals surface area (Å²) in [6.07, 6.45) is 0. The molecule has 0 aliphatic carbocycles. The molecule has 0 bridgehead atoms. The van der Waals surface area contributed by atoms with Crippen LogP contribution in [0.5, 0.6) is 0 Å². The van der Waals surface area contributed by atoms with Crippen molar-refractivity contribution in [3.05, 3.63) is 35.4 Å². The third-order valence-electron chi connectivity index (χ3n) is 2.81. The fraction of sp³-hybridized carbons (Fsp3) is 0.533. The summed E-state index contributed by atoms with van der Waals surface area (Å²) in [7, 11) is 5.75. The number of hydrogen-bond acceptors (Lipinski definition) is 4. The van der Waals surface area contributed by atoms with Crippen LogP contribution in [0.25, 0.3) is 0 Å². The van der Waals surface area contributed by atoms with Gasteiger partial charge in [-0.3, -0.25) is 4.79 Å². The lowest BCUT2D eigenvalue weighted by atomic mass is 10.1. The molecule has 1 N–H and O–H groups in total. The minimum absolute atomic E-state index is 0.0842. The third-order valence-corrected chi connectivity index (χ3v) is 3.75. The topological polar surface area (TPSA) is 41.6 Å². The van der Waals surface area contributed by atoms with E-state index in [4.69, 9.17) is 4.74 Å². The van der Waals surface area contributed by atoms with Gasteiger partial charge < -0.3 is 15.0 Å². The summed E-state index contributed by atoms with van der Waals surface area (Å²) in [4.78, 5) is 13.9. The Hall–Kier alpha value is -1.04. The van der Waals surface area contributed by atoms with Crippen molar-refractivity contribution in [2.24, 2.45) is 0 Å². The molecule has 4 nitrogen and oxygen atoms in total. The molecule has 20 heavy (non-hydrogen) atoms. The first kappa shape index (κ1) is 17.0. The molecule has 0 saturated carbocycles. The van der Waals surface area contributed by atoms with Crippen LogP contribution in [0.3, 0.4) is 0 Å². The van der Waals surface area contributed by atoms with E-state index in [2.05, 4.69) is 10.2 Å². The molecule has 0 radical (unpaired) electrons. The van der Waals surface area contributed by atoms with E-state index in [1.54, 1.807) is 18.9 Å². The van der Waals surface area contributed by atoms with Gasteiger partial charge in [0.2, 0.25) is 5.91 Å². The van der Waals surface area contributed by atoms with Crippen molar-refractivity contribution >= 4 is 17.7 Å². The quantitative estimate of drug-likeness (QED) is 0.705. The highest BCUT2D eigenvalue weighted by Gasteiger charge is 2.05. The molecule has 1 rings (SSSR count). The first-order chi connectivity index (χ1) is 9.63. The van der Waals surface area contributed by atoms with E-state index in [0.29, 0.717) is 18.9 Å². The first-order valence-corrected chi connectivity index (χ1v) is 7.84. The predicted molar refractivity (Wildman–Crippen MR) is 84.9 cm³/mol. The fourth-order valence-corrected chi connectivity index (χ4v) is 2.61. The van der Waals surface area contributed by atoms with Crippen LogP contribution in [0.4, 0.5) is 0 Å². The van der Waals surface area contributed by atoms with Gasteiger partial charge in [-0.2, -0.15) is 11.8 Å². The Morgan fingerprint density at radius 1 is 1.30 bits per heavy atom. The number of nitrogens with zero attached hydrogens (tertiary/aromatic N) is 1. The van der Waals surface area contributed by atoms with E-state index in [1.807, 2.05) is 38.4 Å². The van der Waals surface area contributed by atoms with Gasteiger partial charge in [0.25, 0.3) is 0 Å². The molecule has 1 aromatic carbocycles. The summed E-state index contributed by atoms with van der Waals surface area (Å²) in [6.45, 7) is 2.13. The van der Waals surface area contributed by atoms with Gasteiger partial charge in [0.05, 0.1) is 12.4 Å². The van der Waals surface area contributed by atoms with Gasteiger partial charge in [-0.25, -0.2) is 0 Å². The Morgan fingerprint density at radius 3 is 2.65 bits per heavy atom. The van der Waals surface area contributed by atoms with Gasteiger partial charge in [0.1, 0.15) is 0 Å². The number of ether oxygens (including phenoxy) is 1. The molecule has 5 heteroatoms. The maximum atomic E-state index is 11.8. The van der Waals surface area contributed by atoms with E-state index in [9.17, 15) is 4.79 Å². The lowest BCUT2D eigenvalue weighted by Crippen LogP contribution is -2.26. The van der Waals surface area contributed by atoms with Crippen molar-refractivity contribution in [2.75, 3.05) is 39.3 Å². The average molecular weight is 296 g/mol. The van der Waals surface area contributed by atoms with Crippen LogP contribution in [0, 0.1) is 0 Å². The van der Waals surface area contributed by atoms with Crippen molar-refractivity contribution in [1.29, 1.82) is 0 Å². The van der Waals surface area contributed by atoms with Crippen LogP contribution in [0.15, 0.2) is 24.3 Å². The van der Waals surface area contributed by atoms with E-state index in [-0.39, 0.29) is 5.91 Å². The molecule has 0 aromatic heterocycles. The number of carbonyl (C=O) groups excluding carboxylic acids is 1. The smallest absolute Gasteiger partial charge is 0.230 e. The lowest BCUT2D eigenvalue weighted by molar-refractivity contribution is -0.118. The predicted octanol–water partition coefficient (Wildman–Crippen LogP) is 1.74. The van der Waals surface area contributed by atoms with Gasteiger partial charge in [0, 0.05) is 26.0 Å².